The molecule has 27 heavy (non-hydrogen) atoms. The lowest BCUT2D eigenvalue weighted by Crippen LogP contribution is -2.13. The Balaban J connectivity index is 2.17. The van der Waals surface area contributed by atoms with E-state index in [4.69, 9.17) is 4.99 Å². The molecule has 0 saturated carbocycles. The average molecular weight is 379 g/mol. The Morgan fingerprint density at radius 1 is 1.04 bits per heavy atom. The monoisotopic (exact) mass is 378 g/mol. The van der Waals surface area contributed by atoms with E-state index in [1.54, 1.807) is 11.5 Å². The second kappa shape index (κ2) is 8.49. The van der Waals surface area contributed by atoms with Crippen LogP contribution in [0.15, 0.2) is 53.5 Å². The van der Waals surface area contributed by atoms with Gasteiger partial charge >= 0.3 is 0 Å². The molecular weight excluding hydrogens is 352 g/mol. The van der Waals surface area contributed by atoms with Crippen LogP contribution < -0.4 is 4.67 Å². The van der Waals surface area contributed by atoms with Gasteiger partial charge in [-0.3, -0.25) is 8.75 Å². The summed E-state index contributed by atoms with van der Waals surface area (Å²) in [4.78, 5) is 18.1. The van der Waals surface area contributed by atoms with Crippen LogP contribution in [0.5, 0.6) is 0 Å². The Kier molecular flexibility index (Phi) is 6.07. The molecule has 1 aromatic heterocycles. The van der Waals surface area contributed by atoms with Crippen molar-refractivity contribution >= 4 is 23.0 Å². The molecule has 0 fully saturated rings. The molecule has 3 rings (SSSR count). The molecule has 4 heteroatoms. The number of aromatic nitrogens is 1. The van der Waals surface area contributed by atoms with Gasteiger partial charge in [-0.15, -0.1) is 0 Å². The number of benzene rings is 2. The zero-order chi connectivity index (χ0) is 19.4. The molecule has 3 aromatic rings. The summed E-state index contributed by atoms with van der Waals surface area (Å²) in [6.45, 7) is 9.28. The maximum Gasteiger partial charge on any atom is 0.197 e. The van der Waals surface area contributed by atoms with Gasteiger partial charge in [-0.05, 0) is 62.0 Å². The molecule has 0 unspecified atom stereocenters. The van der Waals surface area contributed by atoms with Gasteiger partial charge in [0, 0.05) is 17.8 Å². The van der Waals surface area contributed by atoms with Crippen molar-refractivity contribution in [3.63, 3.8) is 0 Å². The third-order valence-corrected chi connectivity index (χ3v) is 5.71. The minimum Gasteiger partial charge on any atom is -0.300 e. The summed E-state index contributed by atoms with van der Waals surface area (Å²) in [5, 5.41) is 0. The van der Waals surface area contributed by atoms with Crippen LogP contribution in [-0.2, 0) is 6.54 Å². The first-order chi connectivity index (χ1) is 13.0. The molecule has 0 radical (unpaired) electrons. The Hall–Kier alpha value is -2.46. The van der Waals surface area contributed by atoms with Crippen molar-refractivity contribution in [2.45, 2.75) is 47.1 Å². The lowest BCUT2D eigenvalue weighted by molar-refractivity contribution is 0.103. The molecule has 0 bridgehead atoms. The van der Waals surface area contributed by atoms with Crippen molar-refractivity contribution in [2.75, 3.05) is 0 Å². The lowest BCUT2D eigenvalue weighted by Gasteiger charge is -2.04. The SMILES string of the molecule is CCCCn1sc(=Nc2cc(C)cc(C)c2)c(C(=O)c2ccccc2)c1C. The van der Waals surface area contributed by atoms with Gasteiger partial charge < -0.3 is 0 Å². The molecule has 0 N–H and O–H groups in total. The van der Waals surface area contributed by atoms with Gasteiger partial charge in [0.05, 0.1) is 11.3 Å². The second-order valence-electron chi connectivity index (χ2n) is 6.97. The largest absolute Gasteiger partial charge is 0.300 e. The number of ketones is 1. The summed E-state index contributed by atoms with van der Waals surface area (Å²) in [7, 11) is 0. The second-order valence-corrected chi connectivity index (χ2v) is 7.98. The van der Waals surface area contributed by atoms with Crippen molar-refractivity contribution < 1.29 is 4.79 Å². The van der Waals surface area contributed by atoms with Crippen molar-refractivity contribution in [1.29, 1.82) is 0 Å². The zero-order valence-corrected chi connectivity index (χ0v) is 17.3. The number of hydrogen-bond acceptors (Lipinski definition) is 3. The van der Waals surface area contributed by atoms with E-state index in [9.17, 15) is 4.79 Å². The van der Waals surface area contributed by atoms with Crippen LogP contribution in [0, 0.1) is 20.8 Å². The van der Waals surface area contributed by atoms with E-state index in [0.717, 1.165) is 41.0 Å². The number of carbonyl (C=O) groups is 1. The van der Waals surface area contributed by atoms with E-state index in [-0.39, 0.29) is 5.78 Å². The van der Waals surface area contributed by atoms with Crippen molar-refractivity contribution in [1.82, 2.24) is 3.96 Å². The van der Waals surface area contributed by atoms with E-state index >= 15 is 0 Å². The van der Waals surface area contributed by atoms with Crippen LogP contribution in [0.25, 0.3) is 0 Å². The number of aryl methyl sites for hydroxylation is 3. The maximum absolute atomic E-state index is 13.2. The first-order valence-corrected chi connectivity index (χ1v) is 10.2. The fourth-order valence-electron chi connectivity index (χ4n) is 3.22. The molecule has 2 aromatic carbocycles. The molecule has 1 heterocycles. The maximum atomic E-state index is 13.2. The number of hydrogen-bond donors (Lipinski definition) is 0. The summed E-state index contributed by atoms with van der Waals surface area (Å²) in [6.07, 6.45) is 2.21. The minimum absolute atomic E-state index is 0.0442. The molecule has 0 spiro atoms. The Bertz CT molecular complexity index is 992. The van der Waals surface area contributed by atoms with Crippen LogP contribution in [0.1, 0.15) is 52.5 Å². The predicted octanol–water partition coefficient (Wildman–Crippen LogP) is 5.74. The van der Waals surface area contributed by atoms with E-state index in [2.05, 4.69) is 42.9 Å². The van der Waals surface area contributed by atoms with Crippen LogP contribution in [0.4, 0.5) is 5.69 Å². The molecule has 3 nitrogen and oxygen atoms in total. The number of unbranched alkanes of at least 4 members (excludes halogenated alkanes) is 1. The van der Waals surface area contributed by atoms with Crippen molar-refractivity contribution in [3.05, 3.63) is 81.1 Å². The van der Waals surface area contributed by atoms with Crippen molar-refractivity contribution in [2.24, 2.45) is 4.99 Å². The fourth-order valence-corrected chi connectivity index (χ4v) is 4.35. The van der Waals surface area contributed by atoms with Gasteiger partial charge in [-0.25, -0.2) is 4.99 Å². The van der Waals surface area contributed by atoms with Crippen molar-refractivity contribution in [3.8, 4) is 0 Å². The smallest absolute Gasteiger partial charge is 0.197 e. The molecule has 0 aliphatic carbocycles. The third kappa shape index (κ3) is 4.45. The molecule has 0 amide bonds. The summed E-state index contributed by atoms with van der Waals surface area (Å²) < 4.78 is 3.00. The topological polar surface area (TPSA) is 34.4 Å². The zero-order valence-electron chi connectivity index (χ0n) is 16.5. The molecule has 140 valence electrons. The first kappa shape index (κ1) is 19.3. The highest BCUT2D eigenvalue weighted by atomic mass is 32.1. The number of nitrogens with zero attached hydrogens (tertiary/aromatic N) is 2. The van der Waals surface area contributed by atoms with E-state index in [0.29, 0.717) is 5.56 Å². The van der Waals surface area contributed by atoms with Gasteiger partial charge in [0.25, 0.3) is 0 Å². The van der Waals surface area contributed by atoms with Crippen LogP contribution in [-0.4, -0.2) is 9.74 Å². The molecule has 0 aliphatic rings. The van der Waals surface area contributed by atoms with Gasteiger partial charge in [0.2, 0.25) is 0 Å². The highest BCUT2D eigenvalue weighted by Crippen LogP contribution is 2.20. The highest BCUT2D eigenvalue weighted by Gasteiger charge is 2.19. The molecular formula is C23H26N2OS. The van der Waals surface area contributed by atoms with Gasteiger partial charge in [-0.1, -0.05) is 49.7 Å². The van der Waals surface area contributed by atoms with Crippen LogP contribution >= 0.6 is 11.5 Å². The minimum atomic E-state index is 0.0442. The van der Waals surface area contributed by atoms with Crippen LogP contribution in [0.2, 0.25) is 0 Å². The van der Waals surface area contributed by atoms with E-state index < -0.39 is 0 Å². The van der Waals surface area contributed by atoms with E-state index in [1.165, 1.54) is 11.1 Å². The van der Waals surface area contributed by atoms with Gasteiger partial charge in [0.15, 0.2) is 5.78 Å². The van der Waals surface area contributed by atoms with Gasteiger partial charge in [0.1, 0.15) is 4.67 Å². The van der Waals surface area contributed by atoms with Gasteiger partial charge in [-0.2, -0.15) is 0 Å². The highest BCUT2D eigenvalue weighted by molar-refractivity contribution is 7.04. The normalized spacial score (nSPS) is 11.8. The summed E-state index contributed by atoms with van der Waals surface area (Å²) >= 11 is 1.58. The van der Waals surface area contributed by atoms with E-state index in [1.807, 2.05) is 37.3 Å². The quantitative estimate of drug-likeness (QED) is 0.504. The predicted molar refractivity (Wildman–Crippen MR) is 113 cm³/mol. The third-order valence-electron chi connectivity index (χ3n) is 4.56. The molecule has 0 saturated heterocycles. The fraction of sp³-hybridized carbons (Fsp3) is 0.304. The Labute approximate surface area is 165 Å². The molecule has 0 atom stereocenters. The Morgan fingerprint density at radius 2 is 1.70 bits per heavy atom. The molecule has 0 aliphatic heterocycles. The Morgan fingerprint density at radius 3 is 2.33 bits per heavy atom. The number of carbonyl (C=O) groups excluding carboxylic acids is 1. The summed E-state index contributed by atoms with van der Waals surface area (Å²) in [5.74, 6) is 0.0442. The lowest BCUT2D eigenvalue weighted by atomic mass is 10.0. The first-order valence-electron chi connectivity index (χ1n) is 9.43. The average Bonchev–Trinajstić information content (AvgIpc) is 2.94. The number of rotatable bonds is 6. The standard InChI is InChI=1S/C23H26N2OS/c1-5-6-12-25-18(4)21(22(26)19-10-8-7-9-11-19)23(27-25)24-20-14-16(2)13-17(3)15-20/h7-11,13-15H,5-6,12H2,1-4H3. The van der Waals surface area contributed by atoms with Crippen LogP contribution in [0.3, 0.4) is 0 Å². The summed E-state index contributed by atoms with van der Waals surface area (Å²) in [6, 6.07) is 15.7. The summed E-state index contributed by atoms with van der Waals surface area (Å²) in [5.41, 5.74) is 5.69.